The van der Waals surface area contributed by atoms with Crippen LogP contribution in [0.3, 0.4) is 0 Å². The van der Waals surface area contributed by atoms with E-state index in [1.54, 1.807) is 35.7 Å². The van der Waals surface area contributed by atoms with E-state index >= 15 is 0 Å². The van der Waals surface area contributed by atoms with Gasteiger partial charge in [-0.1, -0.05) is 35.9 Å². The minimum Gasteiger partial charge on any atom is -0.503 e. The molecule has 1 atom stereocenters. The minimum absolute atomic E-state index is 0.0991. The standard InChI is InChI=1S/C23H16F3NO3S/c1-13-4-2-5-14(12-13)19-18(20(28)17-6-3-11-31-17)21(29)22(30)27(19)16-9-7-15(8-10-16)23(24,25)26/h2-12,19,29H,1H3. The molecule has 1 unspecified atom stereocenters. The van der Waals surface area contributed by atoms with Gasteiger partial charge in [0.05, 0.1) is 22.1 Å². The van der Waals surface area contributed by atoms with E-state index in [0.717, 1.165) is 34.7 Å². The maximum atomic E-state index is 13.2. The van der Waals surface area contributed by atoms with E-state index < -0.39 is 35.2 Å². The van der Waals surface area contributed by atoms with Gasteiger partial charge in [-0.25, -0.2) is 0 Å². The number of hydrogen-bond donors (Lipinski definition) is 1. The van der Waals surface area contributed by atoms with Gasteiger partial charge < -0.3 is 5.11 Å². The maximum absolute atomic E-state index is 13.2. The molecule has 3 aromatic rings. The summed E-state index contributed by atoms with van der Waals surface area (Å²) >= 11 is 1.17. The number of aliphatic hydroxyl groups is 1. The fourth-order valence-electron chi connectivity index (χ4n) is 3.61. The zero-order chi connectivity index (χ0) is 22.3. The van der Waals surface area contributed by atoms with Gasteiger partial charge in [-0.05, 0) is 48.2 Å². The molecule has 1 N–H and O–H groups in total. The number of carbonyl (C=O) groups is 2. The molecule has 8 heteroatoms. The first-order valence-corrected chi connectivity index (χ1v) is 10.1. The van der Waals surface area contributed by atoms with Crippen LogP contribution in [0.15, 0.2) is 77.4 Å². The number of nitrogens with zero attached hydrogens (tertiary/aromatic N) is 1. The first-order valence-electron chi connectivity index (χ1n) is 9.27. The number of Topliss-reactive ketones (excluding diaryl/α,β-unsaturated/α-hetero) is 1. The van der Waals surface area contributed by atoms with Crippen molar-refractivity contribution in [3.8, 4) is 0 Å². The third-order valence-electron chi connectivity index (χ3n) is 5.03. The van der Waals surface area contributed by atoms with Crippen LogP contribution in [-0.2, 0) is 11.0 Å². The van der Waals surface area contributed by atoms with Crippen molar-refractivity contribution >= 4 is 28.7 Å². The number of benzene rings is 2. The van der Waals surface area contributed by atoms with E-state index in [2.05, 4.69) is 0 Å². The SMILES string of the molecule is Cc1cccc(C2C(C(=O)c3cccs3)=C(O)C(=O)N2c2ccc(C(F)(F)F)cc2)c1. The Bertz CT molecular complexity index is 1180. The van der Waals surface area contributed by atoms with E-state index in [4.69, 9.17) is 0 Å². The van der Waals surface area contributed by atoms with Gasteiger partial charge in [0.15, 0.2) is 5.76 Å². The fraction of sp³-hybridized carbons (Fsp3) is 0.130. The third kappa shape index (κ3) is 3.74. The van der Waals surface area contributed by atoms with Gasteiger partial charge >= 0.3 is 6.18 Å². The summed E-state index contributed by atoms with van der Waals surface area (Å²) < 4.78 is 38.9. The second-order valence-electron chi connectivity index (χ2n) is 7.11. The van der Waals surface area contributed by atoms with Crippen LogP contribution in [0.4, 0.5) is 18.9 Å². The van der Waals surface area contributed by atoms with Crippen LogP contribution < -0.4 is 4.90 Å². The Morgan fingerprint density at radius 3 is 2.35 bits per heavy atom. The summed E-state index contributed by atoms with van der Waals surface area (Å²) in [6, 6.07) is 13.4. The summed E-state index contributed by atoms with van der Waals surface area (Å²) in [5.74, 6) is -2.04. The molecule has 4 rings (SSSR count). The lowest BCUT2D eigenvalue weighted by Crippen LogP contribution is -2.31. The fourth-order valence-corrected chi connectivity index (χ4v) is 4.29. The largest absolute Gasteiger partial charge is 0.503 e. The Morgan fingerprint density at radius 2 is 1.77 bits per heavy atom. The smallest absolute Gasteiger partial charge is 0.416 e. The van der Waals surface area contributed by atoms with Crippen molar-refractivity contribution in [1.29, 1.82) is 0 Å². The summed E-state index contributed by atoms with van der Waals surface area (Å²) in [6.07, 6.45) is -4.52. The molecule has 1 amide bonds. The average Bonchev–Trinajstić information content (AvgIpc) is 3.35. The Morgan fingerprint density at radius 1 is 1.06 bits per heavy atom. The highest BCUT2D eigenvalue weighted by Crippen LogP contribution is 2.43. The number of anilines is 1. The van der Waals surface area contributed by atoms with E-state index in [1.165, 1.54) is 11.3 Å². The molecule has 0 aliphatic carbocycles. The van der Waals surface area contributed by atoms with Crippen LogP contribution in [-0.4, -0.2) is 16.8 Å². The number of ketones is 1. The van der Waals surface area contributed by atoms with Gasteiger partial charge in [-0.3, -0.25) is 14.5 Å². The first-order chi connectivity index (χ1) is 14.7. The second kappa shape index (κ2) is 7.70. The van der Waals surface area contributed by atoms with Crippen LogP contribution >= 0.6 is 11.3 Å². The van der Waals surface area contributed by atoms with Crippen molar-refractivity contribution in [1.82, 2.24) is 0 Å². The van der Waals surface area contributed by atoms with Gasteiger partial charge in [-0.15, -0.1) is 11.3 Å². The Kier molecular flexibility index (Phi) is 5.18. The summed E-state index contributed by atoms with van der Waals surface area (Å²) in [7, 11) is 0. The molecule has 0 saturated heterocycles. The van der Waals surface area contributed by atoms with Crippen LogP contribution in [0.2, 0.25) is 0 Å². The topological polar surface area (TPSA) is 57.6 Å². The van der Waals surface area contributed by atoms with E-state index in [9.17, 15) is 27.9 Å². The van der Waals surface area contributed by atoms with Gasteiger partial charge in [0.1, 0.15) is 0 Å². The van der Waals surface area contributed by atoms with Crippen molar-refractivity contribution in [3.63, 3.8) is 0 Å². The van der Waals surface area contributed by atoms with Gasteiger partial charge in [-0.2, -0.15) is 13.2 Å². The predicted molar refractivity (Wildman–Crippen MR) is 111 cm³/mol. The Labute approximate surface area is 179 Å². The summed E-state index contributed by atoms with van der Waals surface area (Å²) in [5, 5.41) is 12.3. The normalized spacial score (nSPS) is 16.8. The number of aryl methyl sites for hydroxylation is 1. The summed E-state index contributed by atoms with van der Waals surface area (Å²) in [5.41, 5.74) is 0.619. The highest BCUT2D eigenvalue weighted by molar-refractivity contribution is 7.12. The number of aliphatic hydroxyl groups excluding tert-OH is 1. The van der Waals surface area contributed by atoms with E-state index in [1.807, 2.05) is 13.0 Å². The molecule has 1 aliphatic heterocycles. The molecule has 31 heavy (non-hydrogen) atoms. The molecule has 0 fully saturated rings. The molecule has 1 aliphatic rings. The number of carbonyl (C=O) groups excluding carboxylic acids is 2. The third-order valence-corrected chi connectivity index (χ3v) is 5.90. The van der Waals surface area contributed by atoms with Crippen molar-refractivity contribution in [2.75, 3.05) is 4.90 Å². The molecule has 2 aromatic carbocycles. The number of thiophene rings is 1. The molecular formula is C23H16F3NO3S. The minimum atomic E-state index is -4.52. The first kappa shape index (κ1) is 20.9. The van der Waals surface area contributed by atoms with Crippen LogP contribution in [0, 0.1) is 6.92 Å². The van der Waals surface area contributed by atoms with Crippen molar-refractivity contribution < 1.29 is 27.9 Å². The number of alkyl halides is 3. The van der Waals surface area contributed by atoms with Crippen LogP contribution in [0.5, 0.6) is 0 Å². The number of hydrogen-bond acceptors (Lipinski definition) is 4. The van der Waals surface area contributed by atoms with E-state index in [0.29, 0.717) is 10.4 Å². The van der Waals surface area contributed by atoms with Crippen LogP contribution in [0.1, 0.15) is 32.4 Å². The summed E-state index contributed by atoms with van der Waals surface area (Å²) in [6.45, 7) is 1.84. The second-order valence-corrected chi connectivity index (χ2v) is 8.05. The molecular weight excluding hydrogens is 427 g/mol. The Hall–Kier alpha value is -3.39. The lowest BCUT2D eigenvalue weighted by Gasteiger charge is -2.27. The molecule has 1 aromatic heterocycles. The number of halogens is 3. The van der Waals surface area contributed by atoms with E-state index in [-0.39, 0.29) is 11.3 Å². The molecule has 0 saturated carbocycles. The average molecular weight is 443 g/mol. The highest BCUT2D eigenvalue weighted by Gasteiger charge is 2.45. The predicted octanol–water partition coefficient (Wildman–Crippen LogP) is 5.86. The monoisotopic (exact) mass is 443 g/mol. The van der Waals surface area contributed by atoms with Crippen molar-refractivity contribution in [2.45, 2.75) is 19.1 Å². The van der Waals surface area contributed by atoms with Crippen LogP contribution in [0.25, 0.3) is 0 Å². The zero-order valence-corrected chi connectivity index (χ0v) is 17.0. The Balaban J connectivity index is 1.85. The van der Waals surface area contributed by atoms with Gasteiger partial charge in [0.25, 0.3) is 5.91 Å². The summed E-state index contributed by atoms with van der Waals surface area (Å²) in [4.78, 5) is 27.7. The lowest BCUT2D eigenvalue weighted by molar-refractivity contribution is -0.137. The van der Waals surface area contributed by atoms with Gasteiger partial charge in [0, 0.05) is 5.69 Å². The molecule has 0 bridgehead atoms. The molecule has 158 valence electrons. The highest BCUT2D eigenvalue weighted by atomic mass is 32.1. The molecule has 0 spiro atoms. The maximum Gasteiger partial charge on any atom is 0.416 e. The molecule has 4 nitrogen and oxygen atoms in total. The molecule has 2 heterocycles. The molecule has 0 radical (unpaired) electrons. The van der Waals surface area contributed by atoms with Crippen molar-refractivity contribution in [3.05, 3.63) is 98.9 Å². The lowest BCUT2D eigenvalue weighted by atomic mass is 9.94. The van der Waals surface area contributed by atoms with Gasteiger partial charge in [0.2, 0.25) is 5.78 Å². The zero-order valence-electron chi connectivity index (χ0n) is 16.2. The quantitative estimate of drug-likeness (QED) is 0.514. The van der Waals surface area contributed by atoms with Crippen molar-refractivity contribution in [2.24, 2.45) is 0 Å². The number of rotatable bonds is 4. The number of amides is 1.